The maximum absolute atomic E-state index is 12.4. The molecule has 0 spiro atoms. The summed E-state index contributed by atoms with van der Waals surface area (Å²) in [4.78, 5) is 12.4. The SMILES string of the molecule is NCCCNCCCCNCCCNC(=O)c1cccc2ccccc12. The highest BCUT2D eigenvalue weighted by Gasteiger charge is 2.08. The summed E-state index contributed by atoms with van der Waals surface area (Å²) in [5, 5.41) is 11.9. The van der Waals surface area contributed by atoms with Crippen LogP contribution in [0, 0.1) is 0 Å². The van der Waals surface area contributed by atoms with E-state index >= 15 is 0 Å². The molecule has 0 bridgehead atoms. The van der Waals surface area contributed by atoms with Crippen LogP contribution in [-0.4, -0.2) is 45.2 Å². The third kappa shape index (κ3) is 7.12. The molecule has 0 aliphatic rings. The quantitative estimate of drug-likeness (QED) is 0.415. The third-order valence-electron chi connectivity index (χ3n) is 4.36. The van der Waals surface area contributed by atoms with E-state index in [9.17, 15) is 4.79 Å². The molecule has 2 rings (SSSR count). The minimum atomic E-state index is 0.00496. The average Bonchev–Trinajstić information content (AvgIpc) is 2.68. The van der Waals surface area contributed by atoms with Crippen molar-refractivity contribution in [2.75, 3.05) is 39.3 Å². The van der Waals surface area contributed by atoms with Crippen LogP contribution in [0.2, 0.25) is 0 Å². The Balaban J connectivity index is 1.54. The smallest absolute Gasteiger partial charge is 0.251 e. The Morgan fingerprint density at radius 3 is 2.19 bits per heavy atom. The van der Waals surface area contributed by atoms with Gasteiger partial charge in [-0.05, 0) is 75.2 Å². The van der Waals surface area contributed by atoms with E-state index in [0.717, 1.165) is 68.3 Å². The lowest BCUT2D eigenvalue weighted by Crippen LogP contribution is -2.28. The molecule has 0 heterocycles. The van der Waals surface area contributed by atoms with Crippen LogP contribution in [0.25, 0.3) is 10.8 Å². The van der Waals surface area contributed by atoms with Crippen molar-refractivity contribution < 1.29 is 4.79 Å². The van der Waals surface area contributed by atoms with E-state index in [1.165, 1.54) is 6.42 Å². The van der Waals surface area contributed by atoms with Crippen molar-refractivity contribution in [1.82, 2.24) is 16.0 Å². The molecule has 0 saturated carbocycles. The lowest BCUT2D eigenvalue weighted by atomic mass is 10.0. The standard InChI is InChI=1S/C21H32N4O/c22-12-6-15-23-13-3-4-14-24-16-7-17-25-21(26)20-11-5-9-18-8-1-2-10-19(18)20/h1-2,5,8-11,23-24H,3-4,6-7,12-17,22H2,(H,25,26). The Hall–Kier alpha value is -1.95. The molecule has 1 amide bonds. The van der Waals surface area contributed by atoms with Gasteiger partial charge >= 0.3 is 0 Å². The van der Waals surface area contributed by atoms with E-state index in [2.05, 4.69) is 16.0 Å². The number of nitrogens with one attached hydrogen (secondary N) is 3. The number of nitrogens with two attached hydrogens (primary N) is 1. The largest absolute Gasteiger partial charge is 0.352 e. The van der Waals surface area contributed by atoms with Gasteiger partial charge in [-0.15, -0.1) is 0 Å². The molecule has 0 atom stereocenters. The lowest BCUT2D eigenvalue weighted by molar-refractivity contribution is 0.0955. The maximum atomic E-state index is 12.4. The molecular weight excluding hydrogens is 324 g/mol. The Kier molecular flexibility index (Phi) is 9.72. The molecule has 0 aromatic heterocycles. The second kappa shape index (κ2) is 12.4. The molecule has 0 radical (unpaired) electrons. The van der Waals surface area contributed by atoms with Crippen molar-refractivity contribution in [2.24, 2.45) is 5.73 Å². The lowest BCUT2D eigenvalue weighted by Gasteiger charge is -2.09. The summed E-state index contributed by atoms with van der Waals surface area (Å²) < 4.78 is 0. The number of carbonyl (C=O) groups excluding carboxylic acids is 1. The van der Waals surface area contributed by atoms with Crippen LogP contribution in [0.15, 0.2) is 42.5 Å². The van der Waals surface area contributed by atoms with Crippen LogP contribution in [0.3, 0.4) is 0 Å². The first-order valence-electron chi connectivity index (χ1n) is 9.70. The van der Waals surface area contributed by atoms with Gasteiger partial charge < -0.3 is 21.7 Å². The number of carbonyl (C=O) groups is 1. The molecule has 2 aromatic rings. The summed E-state index contributed by atoms with van der Waals surface area (Å²) in [6.07, 6.45) is 4.32. The third-order valence-corrected chi connectivity index (χ3v) is 4.36. The van der Waals surface area contributed by atoms with Crippen molar-refractivity contribution in [3.05, 3.63) is 48.0 Å². The van der Waals surface area contributed by atoms with Crippen LogP contribution in [0.1, 0.15) is 36.0 Å². The predicted molar refractivity (Wildman–Crippen MR) is 110 cm³/mol. The van der Waals surface area contributed by atoms with E-state index in [4.69, 9.17) is 5.73 Å². The molecule has 2 aromatic carbocycles. The predicted octanol–water partition coefficient (Wildman–Crippen LogP) is 2.27. The zero-order valence-electron chi connectivity index (χ0n) is 15.6. The van der Waals surface area contributed by atoms with Crippen LogP contribution in [0.5, 0.6) is 0 Å². The Morgan fingerprint density at radius 1 is 0.769 bits per heavy atom. The fraction of sp³-hybridized carbons (Fsp3) is 0.476. The molecule has 5 N–H and O–H groups in total. The van der Waals surface area contributed by atoms with Gasteiger partial charge in [-0.3, -0.25) is 4.79 Å². The molecule has 5 nitrogen and oxygen atoms in total. The summed E-state index contributed by atoms with van der Waals surface area (Å²) in [7, 11) is 0. The maximum Gasteiger partial charge on any atom is 0.251 e. The van der Waals surface area contributed by atoms with Crippen molar-refractivity contribution >= 4 is 16.7 Å². The topological polar surface area (TPSA) is 79.2 Å². The van der Waals surface area contributed by atoms with E-state index in [0.29, 0.717) is 6.54 Å². The fourth-order valence-electron chi connectivity index (χ4n) is 2.91. The summed E-state index contributed by atoms with van der Waals surface area (Å²) in [6.45, 7) is 5.47. The number of unbranched alkanes of at least 4 members (excludes halogenated alkanes) is 1. The van der Waals surface area contributed by atoms with Gasteiger partial charge in [0.1, 0.15) is 0 Å². The van der Waals surface area contributed by atoms with Crippen LogP contribution in [-0.2, 0) is 0 Å². The Morgan fingerprint density at radius 2 is 1.42 bits per heavy atom. The molecule has 0 saturated heterocycles. The molecule has 0 fully saturated rings. The molecule has 0 aliphatic carbocycles. The number of amides is 1. The van der Waals surface area contributed by atoms with E-state index in [1.54, 1.807) is 0 Å². The summed E-state index contributed by atoms with van der Waals surface area (Å²) >= 11 is 0. The number of fused-ring (bicyclic) bond motifs is 1. The number of rotatable bonds is 13. The minimum Gasteiger partial charge on any atom is -0.352 e. The van der Waals surface area contributed by atoms with Crippen molar-refractivity contribution in [2.45, 2.75) is 25.7 Å². The average molecular weight is 357 g/mol. The first-order chi connectivity index (χ1) is 12.8. The van der Waals surface area contributed by atoms with Gasteiger partial charge in [0, 0.05) is 12.1 Å². The number of benzene rings is 2. The molecule has 142 valence electrons. The molecule has 0 aliphatic heterocycles. The first-order valence-corrected chi connectivity index (χ1v) is 9.70. The molecular formula is C21H32N4O. The van der Waals surface area contributed by atoms with Gasteiger partial charge in [0.15, 0.2) is 0 Å². The van der Waals surface area contributed by atoms with Gasteiger partial charge in [0.25, 0.3) is 5.91 Å². The molecule has 5 heteroatoms. The van der Waals surface area contributed by atoms with Gasteiger partial charge in [0.05, 0.1) is 0 Å². The van der Waals surface area contributed by atoms with Gasteiger partial charge in [-0.25, -0.2) is 0 Å². The summed E-state index contributed by atoms with van der Waals surface area (Å²) in [5.74, 6) is 0.00496. The molecule has 0 unspecified atom stereocenters. The van der Waals surface area contributed by atoms with E-state index < -0.39 is 0 Å². The zero-order valence-corrected chi connectivity index (χ0v) is 15.6. The van der Waals surface area contributed by atoms with Crippen molar-refractivity contribution in [3.8, 4) is 0 Å². The first kappa shape index (κ1) is 20.4. The second-order valence-electron chi connectivity index (χ2n) is 6.49. The highest BCUT2D eigenvalue weighted by atomic mass is 16.1. The van der Waals surface area contributed by atoms with Crippen molar-refractivity contribution in [1.29, 1.82) is 0 Å². The number of hydrogen-bond acceptors (Lipinski definition) is 4. The Bertz CT molecular complexity index is 654. The fourth-order valence-corrected chi connectivity index (χ4v) is 2.91. The minimum absolute atomic E-state index is 0.00496. The van der Waals surface area contributed by atoms with Gasteiger partial charge in [0.2, 0.25) is 0 Å². The van der Waals surface area contributed by atoms with E-state index in [-0.39, 0.29) is 5.91 Å². The normalized spacial score (nSPS) is 11.0. The van der Waals surface area contributed by atoms with Crippen molar-refractivity contribution in [3.63, 3.8) is 0 Å². The highest BCUT2D eigenvalue weighted by molar-refractivity contribution is 6.06. The summed E-state index contributed by atoms with van der Waals surface area (Å²) in [6, 6.07) is 13.8. The van der Waals surface area contributed by atoms with Crippen LogP contribution >= 0.6 is 0 Å². The number of hydrogen-bond donors (Lipinski definition) is 4. The zero-order chi connectivity index (χ0) is 18.5. The Labute approximate surface area is 156 Å². The monoisotopic (exact) mass is 356 g/mol. The van der Waals surface area contributed by atoms with Crippen LogP contribution < -0.4 is 21.7 Å². The highest BCUT2D eigenvalue weighted by Crippen LogP contribution is 2.18. The summed E-state index contributed by atoms with van der Waals surface area (Å²) in [5.41, 5.74) is 6.20. The van der Waals surface area contributed by atoms with Crippen LogP contribution in [0.4, 0.5) is 0 Å². The second-order valence-corrected chi connectivity index (χ2v) is 6.49. The van der Waals surface area contributed by atoms with Gasteiger partial charge in [-0.2, -0.15) is 0 Å². The molecule has 26 heavy (non-hydrogen) atoms. The van der Waals surface area contributed by atoms with Gasteiger partial charge in [-0.1, -0.05) is 36.4 Å². The van der Waals surface area contributed by atoms with E-state index in [1.807, 2.05) is 42.5 Å².